The summed E-state index contributed by atoms with van der Waals surface area (Å²) in [6, 6.07) is 55.7. The lowest BCUT2D eigenvalue weighted by Gasteiger charge is -2.26. The molecule has 0 fully saturated rings. The van der Waals surface area contributed by atoms with E-state index in [1.807, 2.05) is 0 Å². The van der Waals surface area contributed by atoms with Crippen molar-refractivity contribution in [1.29, 1.82) is 0 Å². The molecule has 0 spiro atoms. The zero-order chi connectivity index (χ0) is 27.1. The van der Waals surface area contributed by atoms with E-state index in [1.54, 1.807) is 0 Å². The number of anilines is 3. The van der Waals surface area contributed by atoms with E-state index in [0.717, 1.165) is 27.1 Å². The second kappa shape index (κ2) is 12.0. The fourth-order valence-electron chi connectivity index (χ4n) is 4.82. The summed E-state index contributed by atoms with van der Waals surface area (Å²) >= 11 is 3.50. The lowest BCUT2D eigenvalue weighted by Crippen LogP contribution is -2.09. The van der Waals surface area contributed by atoms with E-state index >= 15 is 0 Å². The molecular weight excluding hydrogens is 550 g/mol. The van der Waals surface area contributed by atoms with Gasteiger partial charge in [0.2, 0.25) is 0 Å². The Labute approximate surface area is 244 Å². The maximum atomic E-state index is 3.50. The SMILES string of the molecule is Brc1ccc(/C=C/c2ccc(N(c3ccc(-c4ccccc4)cc3)c3ccc(-c4ccccc4)cc3)cc2)cc1. The Hall–Kier alpha value is -4.66. The maximum absolute atomic E-state index is 3.50. The first-order valence-corrected chi connectivity index (χ1v) is 14.2. The lowest BCUT2D eigenvalue weighted by atomic mass is 10.0. The minimum Gasteiger partial charge on any atom is -0.311 e. The number of hydrogen-bond donors (Lipinski definition) is 0. The van der Waals surface area contributed by atoms with Crippen molar-refractivity contribution in [2.45, 2.75) is 0 Å². The summed E-state index contributed by atoms with van der Waals surface area (Å²) in [7, 11) is 0. The van der Waals surface area contributed by atoms with Gasteiger partial charge in [0, 0.05) is 21.5 Å². The molecule has 6 aromatic carbocycles. The number of halogens is 1. The normalized spacial score (nSPS) is 11.0. The van der Waals surface area contributed by atoms with E-state index < -0.39 is 0 Å². The molecule has 40 heavy (non-hydrogen) atoms. The Kier molecular flexibility index (Phi) is 7.70. The van der Waals surface area contributed by atoms with Gasteiger partial charge in [-0.15, -0.1) is 0 Å². The van der Waals surface area contributed by atoms with Crippen molar-refractivity contribution in [2.24, 2.45) is 0 Å². The largest absolute Gasteiger partial charge is 0.311 e. The van der Waals surface area contributed by atoms with Gasteiger partial charge in [0.25, 0.3) is 0 Å². The molecular formula is C38H28BrN. The average molecular weight is 579 g/mol. The van der Waals surface area contributed by atoms with Gasteiger partial charge in [-0.1, -0.05) is 137 Å². The second-order valence-corrected chi connectivity index (χ2v) is 10.6. The fourth-order valence-corrected chi connectivity index (χ4v) is 5.08. The summed E-state index contributed by atoms with van der Waals surface area (Å²) in [6.45, 7) is 0. The van der Waals surface area contributed by atoms with Gasteiger partial charge in [-0.2, -0.15) is 0 Å². The van der Waals surface area contributed by atoms with Crippen LogP contribution in [0.3, 0.4) is 0 Å². The van der Waals surface area contributed by atoms with Crippen molar-refractivity contribution in [3.63, 3.8) is 0 Å². The van der Waals surface area contributed by atoms with Crippen LogP contribution in [0.2, 0.25) is 0 Å². The molecule has 0 aliphatic heterocycles. The minimum atomic E-state index is 1.09. The zero-order valence-electron chi connectivity index (χ0n) is 22.0. The predicted molar refractivity (Wildman–Crippen MR) is 175 cm³/mol. The third-order valence-electron chi connectivity index (χ3n) is 6.95. The summed E-state index contributed by atoms with van der Waals surface area (Å²) in [5.41, 5.74) is 10.5. The smallest absolute Gasteiger partial charge is 0.0462 e. The van der Waals surface area contributed by atoms with Gasteiger partial charge in [0.1, 0.15) is 0 Å². The van der Waals surface area contributed by atoms with Crippen LogP contribution < -0.4 is 4.90 Å². The topological polar surface area (TPSA) is 3.24 Å². The molecule has 0 unspecified atom stereocenters. The summed E-state index contributed by atoms with van der Waals surface area (Å²) in [6.07, 6.45) is 4.30. The Morgan fingerprint density at radius 3 is 1.07 bits per heavy atom. The molecule has 0 N–H and O–H groups in total. The summed E-state index contributed by atoms with van der Waals surface area (Å²) < 4.78 is 1.09. The Bertz CT molecular complexity index is 1600. The highest BCUT2D eigenvalue weighted by Gasteiger charge is 2.13. The Balaban J connectivity index is 1.33. The van der Waals surface area contributed by atoms with Crippen LogP contribution in [-0.2, 0) is 0 Å². The van der Waals surface area contributed by atoms with Crippen molar-refractivity contribution in [2.75, 3.05) is 4.90 Å². The van der Waals surface area contributed by atoms with E-state index in [4.69, 9.17) is 0 Å². The molecule has 0 atom stereocenters. The predicted octanol–water partition coefficient (Wildman–Crippen LogP) is 11.4. The number of hydrogen-bond acceptors (Lipinski definition) is 1. The molecule has 2 heteroatoms. The molecule has 6 rings (SSSR count). The van der Waals surface area contributed by atoms with E-state index in [9.17, 15) is 0 Å². The molecule has 0 saturated heterocycles. The monoisotopic (exact) mass is 577 g/mol. The molecule has 6 aromatic rings. The van der Waals surface area contributed by atoms with Gasteiger partial charge in [0.15, 0.2) is 0 Å². The first-order valence-electron chi connectivity index (χ1n) is 13.4. The molecule has 0 bridgehead atoms. The molecule has 0 amide bonds. The van der Waals surface area contributed by atoms with Crippen LogP contribution in [0.25, 0.3) is 34.4 Å². The van der Waals surface area contributed by atoms with Crippen molar-refractivity contribution in [3.8, 4) is 22.3 Å². The molecule has 0 aliphatic rings. The molecule has 0 radical (unpaired) electrons. The summed E-state index contributed by atoms with van der Waals surface area (Å²) in [5.74, 6) is 0. The number of benzene rings is 6. The highest BCUT2D eigenvalue weighted by molar-refractivity contribution is 9.10. The first kappa shape index (κ1) is 25.6. The van der Waals surface area contributed by atoms with Crippen molar-refractivity contribution in [1.82, 2.24) is 0 Å². The third-order valence-corrected chi connectivity index (χ3v) is 7.48. The van der Waals surface area contributed by atoms with Crippen LogP contribution in [0.5, 0.6) is 0 Å². The number of rotatable bonds is 7. The fraction of sp³-hybridized carbons (Fsp3) is 0. The average Bonchev–Trinajstić information content (AvgIpc) is 3.03. The third kappa shape index (κ3) is 5.98. The van der Waals surface area contributed by atoms with E-state index in [-0.39, 0.29) is 0 Å². The van der Waals surface area contributed by atoms with Gasteiger partial charge in [-0.05, 0) is 81.9 Å². The second-order valence-electron chi connectivity index (χ2n) is 9.64. The van der Waals surface area contributed by atoms with Crippen LogP contribution in [-0.4, -0.2) is 0 Å². The van der Waals surface area contributed by atoms with Gasteiger partial charge < -0.3 is 4.90 Å². The van der Waals surface area contributed by atoms with Crippen LogP contribution in [0, 0.1) is 0 Å². The van der Waals surface area contributed by atoms with E-state index in [1.165, 1.54) is 27.8 Å². The van der Waals surface area contributed by atoms with Crippen molar-refractivity contribution in [3.05, 3.63) is 173 Å². The molecule has 192 valence electrons. The van der Waals surface area contributed by atoms with Crippen LogP contribution in [0.4, 0.5) is 17.1 Å². The van der Waals surface area contributed by atoms with Gasteiger partial charge in [-0.3, -0.25) is 0 Å². The Morgan fingerprint density at radius 1 is 0.350 bits per heavy atom. The molecule has 1 nitrogen and oxygen atoms in total. The van der Waals surface area contributed by atoms with E-state index in [2.05, 4.69) is 191 Å². The first-order chi connectivity index (χ1) is 19.7. The summed E-state index contributed by atoms with van der Waals surface area (Å²) in [5, 5.41) is 0. The van der Waals surface area contributed by atoms with Gasteiger partial charge in [0.05, 0.1) is 0 Å². The quantitative estimate of drug-likeness (QED) is 0.170. The molecule has 0 saturated carbocycles. The molecule has 0 aromatic heterocycles. The highest BCUT2D eigenvalue weighted by Crippen LogP contribution is 2.37. The lowest BCUT2D eigenvalue weighted by molar-refractivity contribution is 1.28. The molecule has 0 heterocycles. The van der Waals surface area contributed by atoms with Gasteiger partial charge in [-0.25, -0.2) is 0 Å². The van der Waals surface area contributed by atoms with Crippen LogP contribution in [0.1, 0.15) is 11.1 Å². The summed E-state index contributed by atoms with van der Waals surface area (Å²) in [4.78, 5) is 2.31. The van der Waals surface area contributed by atoms with Crippen LogP contribution in [0.15, 0.2) is 162 Å². The van der Waals surface area contributed by atoms with Crippen LogP contribution >= 0.6 is 15.9 Å². The number of nitrogens with zero attached hydrogens (tertiary/aromatic N) is 1. The highest BCUT2D eigenvalue weighted by atomic mass is 79.9. The maximum Gasteiger partial charge on any atom is 0.0462 e. The van der Waals surface area contributed by atoms with E-state index in [0.29, 0.717) is 0 Å². The van der Waals surface area contributed by atoms with Crippen molar-refractivity contribution < 1.29 is 0 Å². The van der Waals surface area contributed by atoms with Gasteiger partial charge >= 0.3 is 0 Å². The standard InChI is InChI=1S/C38H28BrN/c39-35-21-13-29(14-22-35)11-12-30-15-23-36(24-16-30)40(37-25-17-33(18-26-37)31-7-3-1-4-8-31)38-27-19-34(20-28-38)32-9-5-2-6-10-32/h1-28H/b12-11+. The molecule has 0 aliphatic carbocycles. The zero-order valence-corrected chi connectivity index (χ0v) is 23.6. The van der Waals surface area contributed by atoms with Crippen molar-refractivity contribution >= 4 is 45.1 Å². The minimum absolute atomic E-state index is 1.09. The Morgan fingerprint density at radius 2 is 0.675 bits per heavy atom.